The molecule has 1 aromatic heterocycles. The van der Waals surface area contributed by atoms with Gasteiger partial charge in [0.05, 0.1) is 0 Å². The summed E-state index contributed by atoms with van der Waals surface area (Å²) in [6.45, 7) is 2.17. The Morgan fingerprint density at radius 1 is 1.17 bits per heavy atom. The van der Waals surface area contributed by atoms with E-state index in [1.807, 2.05) is 12.1 Å². The van der Waals surface area contributed by atoms with E-state index in [1.54, 1.807) is 12.1 Å². The first-order valence-electron chi connectivity index (χ1n) is 11.3. The van der Waals surface area contributed by atoms with Gasteiger partial charge in [-0.25, -0.2) is 17.2 Å². The SMILES string of the molecule is Cc1noc(/C=C/c2ccc(F)cc2F)c1S(=O)(=O)N1CCC(C(=O)NCc2ccc(Cl)cc2)CC1. The van der Waals surface area contributed by atoms with Gasteiger partial charge in [0.15, 0.2) is 10.7 Å². The third kappa shape index (κ3) is 5.83. The Morgan fingerprint density at radius 3 is 2.53 bits per heavy atom. The number of carbonyl (C=O) groups excluding carboxylic acids is 1. The van der Waals surface area contributed by atoms with Gasteiger partial charge >= 0.3 is 0 Å². The zero-order valence-corrected chi connectivity index (χ0v) is 21.0. The summed E-state index contributed by atoms with van der Waals surface area (Å²) in [6, 6.07) is 10.2. The molecule has 3 aromatic rings. The largest absolute Gasteiger partial charge is 0.355 e. The highest BCUT2D eigenvalue weighted by Crippen LogP contribution is 2.29. The third-order valence-electron chi connectivity index (χ3n) is 6.01. The Morgan fingerprint density at radius 2 is 1.86 bits per heavy atom. The number of carbonyl (C=O) groups is 1. The number of halogens is 3. The number of piperidine rings is 1. The van der Waals surface area contributed by atoms with Crippen molar-refractivity contribution in [3.63, 3.8) is 0 Å². The van der Waals surface area contributed by atoms with Gasteiger partial charge in [0.1, 0.15) is 17.3 Å². The van der Waals surface area contributed by atoms with Gasteiger partial charge in [-0.05, 0) is 61.7 Å². The second kappa shape index (κ2) is 10.9. The first-order chi connectivity index (χ1) is 17.1. The molecule has 0 saturated carbocycles. The zero-order chi connectivity index (χ0) is 25.9. The summed E-state index contributed by atoms with van der Waals surface area (Å²) in [4.78, 5) is 12.5. The third-order valence-corrected chi connectivity index (χ3v) is 8.32. The summed E-state index contributed by atoms with van der Waals surface area (Å²) in [6.07, 6.45) is 3.31. The number of rotatable bonds is 7. The minimum absolute atomic E-state index is 0.0564. The van der Waals surface area contributed by atoms with Crippen molar-refractivity contribution in [2.24, 2.45) is 5.92 Å². The normalized spacial score (nSPS) is 15.4. The zero-order valence-electron chi connectivity index (χ0n) is 19.4. The van der Waals surface area contributed by atoms with Crippen molar-refractivity contribution in [3.8, 4) is 0 Å². The Labute approximate surface area is 212 Å². The quantitative estimate of drug-likeness (QED) is 0.469. The molecule has 1 saturated heterocycles. The Balaban J connectivity index is 1.41. The smallest absolute Gasteiger partial charge is 0.248 e. The van der Waals surface area contributed by atoms with Crippen LogP contribution < -0.4 is 5.32 Å². The van der Waals surface area contributed by atoms with Gasteiger partial charge in [0, 0.05) is 42.2 Å². The van der Waals surface area contributed by atoms with Crippen LogP contribution in [0.15, 0.2) is 51.9 Å². The Kier molecular flexibility index (Phi) is 7.87. The molecule has 11 heteroatoms. The number of sulfonamides is 1. The molecule has 0 radical (unpaired) electrons. The van der Waals surface area contributed by atoms with Crippen LogP contribution >= 0.6 is 11.6 Å². The number of nitrogens with one attached hydrogen (secondary N) is 1. The molecule has 0 bridgehead atoms. The van der Waals surface area contributed by atoms with Crippen molar-refractivity contribution in [1.82, 2.24) is 14.8 Å². The van der Waals surface area contributed by atoms with Crippen LogP contribution in [0.25, 0.3) is 12.2 Å². The number of hydrogen-bond donors (Lipinski definition) is 1. The Hall–Kier alpha value is -3.08. The molecule has 0 unspecified atom stereocenters. The van der Waals surface area contributed by atoms with Crippen LogP contribution in [0.1, 0.15) is 35.4 Å². The lowest BCUT2D eigenvalue weighted by Gasteiger charge is -2.30. The predicted octanol–water partition coefficient (Wildman–Crippen LogP) is 4.80. The fourth-order valence-corrected chi connectivity index (χ4v) is 5.87. The maximum absolute atomic E-state index is 14.0. The van der Waals surface area contributed by atoms with Gasteiger partial charge in [-0.2, -0.15) is 4.31 Å². The first kappa shape index (κ1) is 26.0. The molecule has 1 N–H and O–H groups in total. The second-order valence-corrected chi connectivity index (χ2v) is 10.8. The van der Waals surface area contributed by atoms with Crippen molar-refractivity contribution in [1.29, 1.82) is 0 Å². The molecular formula is C25H24ClF2N3O4S. The van der Waals surface area contributed by atoms with E-state index in [2.05, 4.69) is 10.5 Å². The lowest BCUT2D eigenvalue weighted by Crippen LogP contribution is -2.43. The highest BCUT2D eigenvalue weighted by Gasteiger charge is 2.35. The molecule has 0 spiro atoms. The van der Waals surface area contributed by atoms with Gasteiger partial charge in [-0.15, -0.1) is 0 Å². The number of nitrogens with zero attached hydrogens (tertiary/aromatic N) is 2. The highest BCUT2D eigenvalue weighted by atomic mass is 35.5. The number of aryl methyl sites for hydroxylation is 1. The molecule has 7 nitrogen and oxygen atoms in total. The number of amides is 1. The van der Waals surface area contributed by atoms with Gasteiger partial charge in [0.2, 0.25) is 15.9 Å². The monoisotopic (exact) mass is 535 g/mol. The minimum atomic E-state index is -3.98. The molecule has 2 aromatic carbocycles. The molecular weight excluding hydrogens is 512 g/mol. The summed E-state index contributed by atoms with van der Waals surface area (Å²) in [5, 5.41) is 7.27. The van der Waals surface area contributed by atoms with Gasteiger partial charge in [-0.1, -0.05) is 28.9 Å². The van der Waals surface area contributed by atoms with E-state index in [4.69, 9.17) is 16.1 Å². The van der Waals surface area contributed by atoms with E-state index in [1.165, 1.54) is 29.4 Å². The van der Waals surface area contributed by atoms with E-state index >= 15 is 0 Å². The molecule has 0 aliphatic carbocycles. The van der Waals surface area contributed by atoms with Crippen LogP contribution in [-0.4, -0.2) is 36.9 Å². The average molecular weight is 536 g/mol. The van der Waals surface area contributed by atoms with E-state index in [0.29, 0.717) is 24.4 Å². The molecule has 1 aliphatic rings. The van der Waals surface area contributed by atoms with E-state index in [0.717, 1.165) is 17.7 Å². The molecule has 0 atom stereocenters. The molecule has 2 heterocycles. The van der Waals surface area contributed by atoms with Crippen LogP contribution in [0.4, 0.5) is 8.78 Å². The minimum Gasteiger partial charge on any atom is -0.355 e. The van der Waals surface area contributed by atoms with Crippen LogP contribution in [0, 0.1) is 24.5 Å². The van der Waals surface area contributed by atoms with Gasteiger partial charge in [0.25, 0.3) is 0 Å². The molecule has 4 rings (SSSR count). The van der Waals surface area contributed by atoms with Crippen molar-refractivity contribution in [2.45, 2.75) is 31.2 Å². The first-order valence-corrected chi connectivity index (χ1v) is 13.1. The fraction of sp³-hybridized carbons (Fsp3) is 0.280. The highest BCUT2D eigenvalue weighted by molar-refractivity contribution is 7.89. The maximum atomic E-state index is 14.0. The van der Waals surface area contributed by atoms with Crippen LogP contribution in [0.3, 0.4) is 0 Å². The van der Waals surface area contributed by atoms with E-state index in [9.17, 15) is 22.0 Å². The lowest BCUT2D eigenvalue weighted by molar-refractivity contribution is -0.126. The van der Waals surface area contributed by atoms with Crippen molar-refractivity contribution in [3.05, 3.63) is 81.7 Å². The van der Waals surface area contributed by atoms with E-state index < -0.39 is 21.7 Å². The summed E-state index contributed by atoms with van der Waals surface area (Å²) < 4.78 is 60.3. The van der Waals surface area contributed by atoms with Crippen LogP contribution in [0.5, 0.6) is 0 Å². The number of benzene rings is 2. The van der Waals surface area contributed by atoms with E-state index in [-0.39, 0.29) is 46.8 Å². The van der Waals surface area contributed by atoms with Gasteiger partial charge < -0.3 is 9.84 Å². The molecule has 190 valence electrons. The lowest BCUT2D eigenvalue weighted by atomic mass is 9.97. The molecule has 1 aliphatic heterocycles. The Bertz CT molecular complexity index is 1380. The van der Waals surface area contributed by atoms with Crippen molar-refractivity contribution >= 4 is 39.7 Å². The topological polar surface area (TPSA) is 92.5 Å². The molecule has 1 amide bonds. The van der Waals surface area contributed by atoms with Crippen LogP contribution in [-0.2, 0) is 21.4 Å². The standard InChI is InChI=1S/C25H24ClF2N3O4S/c1-16-24(23(35-30-16)9-5-18-4-8-21(27)14-22(18)28)36(33,34)31-12-10-19(11-13-31)25(32)29-15-17-2-6-20(26)7-3-17/h2-9,14,19H,10-13,15H2,1H3,(H,29,32)/b9-5+. The van der Waals surface area contributed by atoms with Crippen LogP contribution in [0.2, 0.25) is 5.02 Å². The summed E-state index contributed by atoms with van der Waals surface area (Å²) in [5.74, 6) is -2.01. The maximum Gasteiger partial charge on any atom is 0.248 e. The van der Waals surface area contributed by atoms with Gasteiger partial charge in [-0.3, -0.25) is 4.79 Å². The average Bonchev–Trinajstić information content (AvgIpc) is 3.24. The van der Waals surface area contributed by atoms with Crippen molar-refractivity contribution in [2.75, 3.05) is 13.1 Å². The summed E-state index contributed by atoms with van der Waals surface area (Å²) >= 11 is 5.88. The predicted molar refractivity (Wildman–Crippen MR) is 131 cm³/mol. The number of aromatic nitrogens is 1. The fourth-order valence-electron chi connectivity index (χ4n) is 4.02. The van der Waals surface area contributed by atoms with Crippen molar-refractivity contribution < 1.29 is 26.5 Å². The summed E-state index contributed by atoms with van der Waals surface area (Å²) in [7, 11) is -3.98. The molecule has 1 fully saturated rings. The second-order valence-electron chi connectivity index (χ2n) is 8.48. The summed E-state index contributed by atoms with van der Waals surface area (Å²) in [5.41, 5.74) is 1.15. The molecule has 36 heavy (non-hydrogen) atoms. The number of hydrogen-bond acceptors (Lipinski definition) is 5.